The topological polar surface area (TPSA) is 12.4 Å². The zero-order valence-corrected chi connectivity index (χ0v) is 8.75. The lowest BCUT2D eigenvalue weighted by atomic mass is 10.1. The molecular formula is C11H13NS. The highest BCUT2D eigenvalue weighted by molar-refractivity contribution is 7.80. The molecule has 0 amide bonds. The standard InChI is InChI=1S/C11H13NS/c1-3-6-9-7-5-8-10(13)11(9)12-4-2/h3-8,13H,1-2H3/b6-3-,12-4?. The molecule has 0 unspecified atom stereocenters. The molecule has 13 heavy (non-hydrogen) atoms. The summed E-state index contributed by atoms with van der Waals surface area (Å²) in [6.07, 6.45) is 5.81. The Bertz CT molecular complexity index is 340. The first kappa shape index (κ1) is 10.1. The summed E-state index contributed by atoms with van der Waals surface area (Å²) in [7, 11) is 0. The van der Waals surface area contributed by atoms with E-state index in [0.29, 0.717) is 0 Å². The fraction of sp³-hybridized carbons (Fsp3) is 0.182. The van der Waals surface area contributed by atoms with Gasteiger partial charge in [0.05, 0.1) is 5.69 Å². The Labute approximate surface area is 84.6 Å². The lowest BCUT2D eigenvalue weighted by Crippen LogP contribution is -1.77. The highest BCUT2D eigenvalue weighted by atomic mass is 32.1. The summed E-state index contributed by atoms with van der Waals surface area (Å²) in [4.78, 5) is 5.18. The molecule has 0 aliphatic heterocycles. The van der Waals surface area contributed by atoms with Crippen LogP contribution in [0, 0.1) is 0 Å². The van der Waals surface area contributed by atoms with Crippen molar-refractivity contribution < 1.29 is 0 Å². The number of allylic oxidation sites excluding steroid dienone is 1. The van der Waals surface area contributed by atoms with E-state index >= 15 is 0 Å². The molecule has 1 nitrogen and oxygen atoms in total. The predicted octanol–water partition coefficient (Wildman–Crippen LogP) is 3.73. The lowest BCUT2D eigenvalue weighted by molar-refractivity contribution is 1.37. The van der Waals surface area contributed by atoms with Gasteiger partial charge in [0.15, 0.2) is 0 Å². The summed E-state index contributed by atoms with van der Waals surface area (Å²) in [5.41, 5.74) is 2.04. The van der Waals surface area contributed by atoms with Crippen molar-refractivity contribution in [1.82, 2.24) is 0 Å². The van der Waals surface area contributed by atoms with Crippen molar-refractivity contribution in [2.75, 3.05) is 0 Å². The van der Waals surface area contributed by atoms with Crippen LogP contribution >= 0.6 is 12.6 Å². The Morgan fingerprint density at radius 2 is 2.08 bits per heavy atom. The van der Waals surface area contributed by atoms with Crippen LogP contribution < -0.4 is 0 Å². The first-order chi connectivity index (χ1) is 6.29. The minimum atomic E-state index is 0.911. The molecule has 2 heteroatoms. The van der Waals surface area contributed by atoms with Gasteiger partial charge >= 0.3 is 0 Å². The maximum Gasteiger partial charge on any atom is 0.0830 e. The number of aliphatic imine (C=N–C) groups is 1. The second-order valence-corrected chi connectivity index (χ2v) is 3.08. The summed E-state index contributed by atoms with van der Waals surface area (Å²) < 4.78 is 0. The van der Waals surface area contributed by atoms with E-state index in [1.165, 1.54) is 0 Å². The highest BCUT2D eigenvalue weighted by Crippen LogP contribution is 2.28. The molecule has 0 bridgehead atoms. The summed E-state index contributed by atoms with van der Waals surface area (Å²) in [5.74, 6) is 0. The third-order valence-electron chi connectivity index (χ3n) is 1.65. The number of nitrogens with zero attached hydrogens (tertiary/aromatic N) is 1. The monoisotopic (exact) mass is 191 g/mol. The number of rotatable bonds is 2. The molecule has 0 spiro atoms. The van der Waals surface area contributed by atoms with E-state index in [1.807, 2.05) is 44.2 Å². The van der Waals surface area contributed by atoms with E-state index in [1.54, 1.807) is 6.21 Å². The molecular weight excluding hydrogens is 178 g/mol. The van der Waals surface area contributed by atoms with Crippen LogP contribution in [0.1, 0.15) is 19.4 Å². The van der Waals surface area contributed by atoms with Crippen LogP contribution in [0.5, 0.6) is 0 Å². The molecule has 0 fully saturated rings. The fourth-order valence-electron chi connectivity index (χ4n) is 1.13. The van der Waals surface area contributed by atoms with Crippen molar-refractivity contribution >= 4 is 30.6 Å². The van der Waals surface area contributed by atoms with Crippen molar-refractivity contribution in [2.45, 2.75) is 18.7 Å². The Morgan fingerprint density at radius 3 is 2.69 bits per heavy atom. The zero-order valence-electron chi connectivity index (χ0n) is 7.86. The van der Waals surface area contributed by atoms with Gasteiger partial charge in [-0.25, -0.2) is 0 Å². The van der Waals surface area contributed by atoms with E-state index in [0.717, 1.165) is 16.1 Å². The molecule has 0 aliphatic rings. The third-order valence-corrected chi connectivity index (χ3v) is 2.01. The number of hydrogen-bond donors (Lipinski definition) is 1. The van der Waals surface area contributed by atoms with Gasteiger partial charge in [0, 0.05) is 16.7 Å². The van der Waals surface area contributed by atoms with Crippen LogP contribution in [0.3, 0.4) is 0 Å². The average Bonchev–Trinajstić information content (AvgIpc) is 2.11. The molecule has 0 aliphatic carbocycles. The Hall–Kier alpha value is -1.02. The highest BCUT2D eigenvalue weighted by Gasteiger charge is 1.99. The average molecular weight is 191 g/mol. The predicted molar refractivity (Wildman–Crippen MR) is 62.2 cm³/mol. The molecule has 0 radical (unpaired) electrons. The van der Waals surface area contributed by atoms with Gasteiger partial charge < -0.3 is 0 Å². The minimum absolute atomic E-state index is 0.911. The van der Waals surface area contributed by atoms with Crippen molar-refractivity contribution in [1.29, 1.82) is 0 Å². The van der Waals surface area contributed by atoms with Gasteiger partial charge in [0.25, 0.3) is 0 Å². The van der Waals surface area contributed by atoms with Crippen LogP contribution in [-0.4, -0.2) is 6.21 Å². The summed E-state index contributed by atoms with van der Waals surface area (Å²) in [6.45, 7) is 3.89. The largest absolute Gasteiger partial charge is 0.260 e. The second kappa shape index (κ2) is 4.87. The fourth-order valence-corrected chi connectivity index (χ4v) is 1.41. The minimum Gasteiger partial charge on any atom is -0.260 e. The van der Waals surface area contributed by atoms with Crippen LogP contribution in [0.15, 0.2) is 34.2 Å². The first-order valence-electron chi connectivity index (χ1n) is 4.23. The van der Waals surface area contributed by atoms with E-state index < -0.39 is 0 Å². The Kier molecular flexibility index (Phi) is 3.77. The second-order valence-electron chi connectivity index (χ2n) is 2.60. The van der Waals surface area contributed by atoms with E-state index in [2.05, 4.69) is 17.6 Å². The van der Waals surface area contributed by atoms with Crippen LogP contribution in [0.2, 0.25) is 0 Å². The van der Waals surface area contributed by atoms with Crippen molar-refractivity contribution in [2.24, 2.45) is 4.99 Å². The van der Waals surface area contributed by atoms with Crippen LogP contribution in [0.4, 0.5) is 5.69 Å². The van der Waals surface area contributed by atoms with Crippen molar-refractivity contribution in [3.05, 3.63) is 29.8 Å². The SMILES string of the molecule is CC=Nc1c(S)cccc1/C=C\C. The Morgan fingerprint density at radius 1 is 1.31 bits per heavy atom. The molecule has 1 aromatic carbocycles. The molecule has 0 N–H and O–H groups in total. The normalized spacial score (nSPS) is 11.6. The summed E-state index contributed by atoms with van der Waals surface area (Å²) >= 11 is 4.35. The quantitative estimate of drug-likeness (QED) is 0.540. The van der Waals surface area contributed by atoms with E-state index in [9.17, 15) is 0 Å². The molecule has 0 atom stereocenters. The van der Waals surface area contributed by atoms with Gasteiger partial charge in [-0.3, -0.25) is 4.99 Å². The van der Waals surface area contributed by atoms with Gasteiger partial charge in [-0.1, -0.05) is 24.3 Å². The van der Waals surface area contributed by atoms with Gasteiger partial charge in [-0.15, -0.1) is 12.6 Å². The van der Waals surface area contributed by atoms with E-state index in [4.69, 9.17) is 0 Å². The maximum atomic E-state index is 4.35. The number of para-hydroxylation sites is 1. The lowest BCUT2D eigenvalue weighted by Gasteiger charge is -2.02. The molecule has 0 saturated heterocycles. The van der Waals surface area contributed by atoms with Crippen molar-refractivity contribution in [3.8, 4) is 0 Å². The van der Waals surface area contributed by atoms with Gasteiger partial charge in [-0.2, -0.15) is 0 Å². The summed E-state index contributed by atoms with van der Waals surface area (Å²) in [6, 6.07) is 5.95. The third kappa shape index (κ3) is 2.46. The number of thiol groups is 1. The Balaban J connectivity index is 3.25. The molecule has 0 saturated carbocycles. The zero-order chi connectivity index (χ0) is 9.68. The van der Waals surface area contributed by atoms with Gasteiger partial charge in [0.1, 0.15) is 0 Å². The summed E-state index contributed by atoms with van der Waals surface area (Å²) in [5, 5.41) is 0. The molecule has 1 rings (SSSR count). The maximum absolute atomic E-state index is 4.35. The van der Waals surface area contributed by atoms with Crippen LogP contribution in [0.25, 0.3) is 6.08 Å². The molecule has 68 valence electrons. The van der Waals surface area contributed by atoms with Crippen molar-refractivity contribution in [3.63, 3.8) is 0 Å². The molecule has 0 heterocycles. The van der Waals surface area contributed by atoms with Crippen LogP contribution in [-0.2, 0) is 0 Å². The molecule has 1 aromatic rings. The van der Waals surface area contributed by atoms with Gasteiger partial charge in [-0.05, 0) is 19.9 Å². The number of hydrogen-bond acceptors (Lipinski definition) is 2. The van der Waals surface area contributed by atoms with E-state index in [-0.39, 0.29) is 0 Å². The molecule has 0 aromatic heterocycles. The first-order valence-corrected chi connectivity index (χ1v) is 4.67. The smallest absolute Gasteiger partial charge is 0.0830 e. The van der Waals surface area contributed by atoms with Gasteiger partial charge in [0.2, 0.25) is 0 Å². The number of benzene rings is 1.